The topological polar surface area (TPSA) is 0 Å². The number of alkyl halides is 1. The van der Waals surface area contributed by atoms with Gasteiger partial charge in [0.1, 0.15) is 0 Å². The van der Waals surface area contributed by atoms with E-state index in [4.69, 9.17) is 0 Å². The Morgan fingerprint density at radius 1 is 0.846 bits per heavy atom. The molecule has 1 heteroatoms. The molecule has 0 amide bonds. The lowest BCUT2D eigenvalue weighted by Crippen LogP contribution is -1.69. The monoisotopic (exact) mass is 292 g/mol. The second kappa shape index (κ2) is 12.2. The van der Waals surface area contributed by atoms with Crippen LogP contribution in [0.3, 0.4) is 0 Å². The molecule has 0 aliphatic heterocycles. The summed E-state index contributed by atoms with van der Waals surface area (Å²) in [6.45, 7) is 2.24. The van der Waals surface area contributed by atoms with Crippen molar-refractivity contribution in [2.24, 2.45) is 0 Å². The first kappa shape index (κ1) is 13.2. The molecule has 0 aliphatic carbocycles. The summed E-state index contributed by atoms with van der Waals surface area (Å²) < 4.78 is 1.24. The summed E-state index contributed by atoms with van der Waals surface area (Å²) in [5.74, 6) is 0. The van der Waals surface area contributed by atoms with E-state index in [1.54, 1.807) is 0 Å². The van der Waals surface area contributed by atoms with E-state index in [-0.39, 0.29) is 0 Å². The third-order valence-electron chi connectivity index (χ3n) is 1.83. The highest BCUT2D eigenvalue weighted by atomic mass is 127. The Kier molecular flexibility index (Phi) is 12.4. The molecule has 13 heavy (non-hydrogen) atoms. The molecule has 0 unspecified atom stereocenters. The molecule has 76 valence electrons. The number of allylic oxidation sites excluding steroid dienone is 4. The summed E-state index contributed by atoms with van der Waals surface area (Å²) in [4.78, 5) is 0. The zero-order chi connectivity index (χ0) is 9.78. The number of halogens is 1. The van der Waals surface area contributed by atoms with Crippen molar-refractivity contribution in [2.45, 2.75) is 45.4 Å². The second-order valence-electron chi connectivity index (χ2n) is 3.14. The molecule has 0 rings (SSSR count). The van der Waals surface area contributed by atoms with E-state index >= 15 is 0 Å². The first-order chi connectivity index (χ1) is 6.41. The van der Waals surface area contributed by atoms with Crippen molar-refractivity contribution in [3.63, 3.8) is 0 Å². The highest BCUT2D eigenvalue weighted by Gasteiger charge is 1.79. The molecule has 0 N–H and O–H groups in total. The average Bonchev–Trinajstić information content (AvgIpc) is 2.16. The van der Waals surface area contributed by atoms with Gasteiger partial charge in [-0.2, -0.15) is 0 Å². The minimum absolute atomic E-state index is 1.21. The molecule has 0 aromatic carbocycles. The Morgan fingerprint density at radius 3 is 1.92 bits per heavy atom. The van der Waals surface area contributed by atoms with Crippen LogP contribution in [-0.2, 0) is 0 Å². The number of rotatable bonds is 8. The largest absolute Gasteiger partial charge is 0.0885 e. The predicted molar refractivity (Wildman–Crippen MR) is 70.5 cm³/mol. The fourth-order valence-electron chi connectivity index (χ4n) is 1.05. The maximum absolute atomic E-state index is 2.41. The van der Waals surface area contributed by atoms with Crippen molar-refractivity contribution < 1.29 is 0 Å². The van der Waals surface area contributed by atoms with Crippen LogP contribution in [0.1, 0.15) is 45.4 Å². The van der Waals surface area contributed by atoms with E-state index in [1.165, 1.54) is 43.0 Å². The van der Waals surface area contributed by atoms with Gasteiger partial charge in [-0.05, 0) is 25.7 Å². The maximum atomic E-state index is 2.41. The molecule has 0 saturated heterocycles. The third-order valence-corrected chi connectivity index (χ3v) is 2.46. The van der Waals surface area contributed by atoms with Gasteiger partial charge in [-0.3, -0.25) is 0 Å². The van der Waals surface area contributed by atoms with Crippen molar-refractivity contribution in [3.05, 3.63) is 24.3 Å². The lowest BCUT2D eigenvalue weighted by Gasteiger charge is -1.89. The van der Waals surface area contributed by atoms with Gasteiger partial charge in [0.25, 0.3) is 0 Å². The van der Waals surface area contributed by atoms with Gasteiger partial charge in [0.2, 0.25) is 0 Å². The molecular formula is C12H21I. The second-order valence-corrected chi connectivity index (χ2v) is 4.22. The first-order valence-corrected chi connectivity index (χ1v) is 6.80. The smallest absolute Gasteiger partial charge is 0.00299 e. The maximum Gasteiger partial charge on any atom is 0.00299 e. The van der Waals surface area contributed by atoms with Crippen LogP contribution in [0.15, 0.2) is 24.3 Å². The lowest BCUT2D eigenvalue weighted by atomic mass is 10.2. The van der Waals surface area contributed by atoms with Crippen molar-refractivity contribution in [1.82, 2.24) is 0 Å². The molecule has 0 bridgehead atoms. The van der Waals surface area contributed by atoms with E-state index in [1.807, 2.05) is 0 Å². The molecule has 0 nitrogen and oxygen atoms in total. The quantitative estimate of drug-likeness (QED) is 0.258. The Balaban J connectivity index is 3.10. The summed E-state index contributed by atoms with van der Waals surface area (Å²) >= 11 is 2.41. The van der Waals surface area contributed by atoms with Crippen molar-refractivity contribution in [3.8, 4) is 0 Å². The number of unbranched alkanes of at least 4 members (excludes halogenated alkanes) is 3. The summed E-state index contributed by atoms with van der Waals surface area (Å²) in [5, 5.41) is 0. The van der Waals surface area contributed by atoms with E-state index in [2.05, 4.69) is 53.8 Å². The molecule has 0 saturated carbocycles. The van der Waals surface area contributed by atoms with Crippen molar-refractivity contribution >= 4 is 22.6 Å². The molecule has 0 aromatic rings. The average molecular weight is 292 g/mol. The molecule has 0 aliphatic rings. The lowest BCUT2D eigenvalue weighted by molar-refractivity contribution is 0.811. The van der Waals surface area contributed by atoms with Gasteiger partial charge in [-0.25, -0.2) is 0 Å². The molecule has 0 spiro atoms. The molecular weight excluding hydrogens is 271 g/mol. The SMILES string of the molecule is CCCC/C=C/CC/C=C/CCI. The van der Waals surface area contributed by atoms with Gasteiger partial charge in [-0.1, -0.05) is 66.7 Å². The van der Waals surface area contributed by atoms with E-state index in [0.29, 0.717) is 0 Å². The molecule has 0 aromatic heterocycles. The number of hydrogen-bond donors (Lipinski definition) is 0. The van der Waals surface area contributed by atoms with Gasteiger partial charge >= 0.3 is 0 Å². The van der Waals surface area contributed by atoms with Gasteiger partial charge < -0.3 is 0 Å². The van der Waals surface area contributed by atoms with Crippen LogP contribution < -0.4 is 0 Å². The summed E-state index contributed by atoms with van der Waals surface area (Å²) in [5.41, 5.74) is 0. The zero-order valence-corrected chi connectivity index (χ0v) is 10.8. The summed E-state index contributed by atoms with van der Waals surface area (Å²) in [6.07, 6.45) is 16.7. The highest BCUT2D eigenvalue weighted by molar-refractivity contribution is 14.1. The Labute approximate surface area is 96.6 Å². The fraction of sp³-hybridized carbons (Fsp3) is 0.667. The fourth-order valence-corrected chi connectivity index (χ4v) is 1.41. The minimum Gasteiger partial charge on any atom is -0.0885 e. The van der Waals surface area contributed by atoms with Crippen LogP contribution in [0, 0.1) is 0 Å². The predicted octanol–water partition coefficient (Wildman–Crippen LogP) is 4.89. The van der Waals surface area contributed by atoms with Crippen LogP contribution in [0.4, 0.5) is 0 Å². The standard InChI is InChI=1S/C12H21I/c1-2-3-4-5-6-7-8-9-10-11-12-13/h5-6,9-10H,2-4,7-8,11-12H2,1H3/b6-5+,10-9+. The van der Waals surface area contributed by atoms with Crippen LogP contribution in [0.5, 0.6) is 0 Å². The Bertz CT molecular complexity index is 136. The van der Waals surface area contributed by atoms with E-state index < -0.39 is 0 Å². The Morgan fingerprint density at radius 2 is 1.38 bits per heavy atom. The Hall–Kier alpha value is 0.210. The molecule has 0 atom stereocenters. The van der Waals surface area contributed by atoms with Gasteiger partial charge in [0.05, 0.1) is 0 Å². The van der Waals surface area contributed by atoms with E-state index in [9.17, 15) is 0 Å². The van der Waals surface area contributed by atoms with Gasteiger partial charge in [0, 0.05) is 4.43 Å². The van der Waals surface area contributed by atoms with Crippen LogP contribution in [0.25, 0.3) is 0 Å². The van der Waals surface area contributed by atoms with Gasteiger partial charge in [-0.15, -0.1) is 0 Å². The summed E-state index contributed by atoms with van der Waals surface area (Å²) in [6, 6.07) is 0. The van der Waals surface area contributed by atoms with E-state index in [0.717, 1.165) is 0 Å². The molecule has 0 radical (unpaired) electrons. The third kappa shape index (κ3) is 12.2. The van der Waals surface area contributed by atoms with Gasteiger partial charge in [0.15, 0.2) is 0 Å². The number of hydrogen-bond acceptors (Lipinski definition) is 0. The minimum atomic E-state index is 1.21. The molecule has 0 fully saturated rings. The summed E-state index contributed by atoms with van der Waals surface area (Å²) in [7, 11) is 0. The highest BCUT2D eigenvalue weighted by Crippen LogP contribution is 1.99. The van der Waals surface area contributed by atoms with Crippen molar-refractivity contribution in [1.29, 1.82) is 0 Å². The van der Waals surface area contributed by atoms with Crippen LogP contribution >= 0.6 is 22.6 Å². The zero-order valence-electron chi connectivity index (χ0n) is 8.64. The van der Waals surface area contributed by atoms with Crippen LogP contribution in [-0.4, -0.2) is 4.43 Å². The molecule has 0 heterocycles. The van der Waals surface area contributed by atoms with Crippen LogP contribution in [0.2, 0.25) is 0 Å². The normalized spacial score (nSPS) is 11.8. The first-order valence-electron chi connectivity index (χ1n) is 5.27. The van der Waals surface area contributed by atoms with Crippen molar-refractivity contribution in [2.75, 3.05) is 4.43 Å².